The van der Waals surface area contributed by atoms with Gasteiger partial charge in [0.15, 0.2) is 5.82 Å². The molecule has 3 heterocycles. The number of nitrogens with one attached hydrogen (secondary N) is 2. The summed E-state index contributed by atoms with van der Waals surface area (Å²) in [4.78, 5) is 45.6. The van der Waals surface area contributed by atoms with Crippen LogP contribution in [0.4, 0.5) is 20.8 Å². The van der Waals surface area contributed by atoms with Gasteiger partial charge in [-0.2, -0.15) is 10.0 Å². The van der Waals surface area contributed by atoms with Crippen molar-refractivity contribution in [3.05, 3.63) is 18.2 Å². The second-order valence-corrected chi connectivity index (χ2v) is 7.88. The number of benzene rings is 1. The molecule has 12 heteroatoms. The lowest BCUT2D eigenvalue weighted by atomic mass is 10.2. The number of amides is 4. The van der Waals surface area contributed by atoms with Crippen molar-refractivity contribution in [3.8, 4) is 0 Å². The number of nitrogens with zero attached hydrogens (tertiary/aromatic N) is 5. The number of imide groups is 1. The maximum Gasteiger partial charge on any atom is 0.329 e. The van der Waals surface area contributed by atoms with E-state index in [0.29, 0.717) is 42.0 Å². The standard InChI is InChI=1S/C20H26FN7O4/c1-25-18-14(19(24-25)28-6-5-16(29)23-20(28)31)3-2-4-15(18)22-17(30)13-27-9-7-26(8-10-27)11-12-32-21/h2-4H,5-13H2,1H3,(H,22,30)(H,23,29,31). The molecular formula is C20H26FN7O4. The zero-order chi connectivity index (χ0) is 22.7. The van der Waals surface area contributed by atoms with Crippen LogP contribution in [0.1, 0.15) is 6.42 Å². The van der Waals surface area contributed by atoms with Gasteiger partial charge in [0.1, 0.15) is 6.61 Å². The molecule has 4 rings (SSSR count). The number of aryl methyl sites for hydroxylation is 1. The largest absolute Gasteiger partial charge is 0.329 e. The number of carbonyl (C=O) groups is 3. The number of halogens is 1. The molecule has 2 aliphatic rings. The highest BCUT2D eigenvalue weighted by atomic mass is 19.3. The molecular weight excluding hydrogens is 421 g/mol. The normalized spacial score (nSPS) is 18.2. The molecule has 2 saturated heterocycles. The van der Waals surface area contributed by atoms with E-state index in [1.807, 2.05) is 11.0 Å². The number of fused-ring (bicyclic) bond motifs is 1. The Morgan fingerprint density at radius 1 is 1.19 bits per heavy atom. The summed E-state index contributed by atoms with van der Waals surface area (Å²) in [5.74, 6) is -0.0184. The first kappa shape index (κ1) is 22.1. The van der Waals surface area contributed by atoms with E-state index in [9.17, 15) is 18.9 Å². The van der Waals surface area contributed by atoms with Crippen LogP contribution in [-0.2, 0) is 21.6 Å². The van der Waals surface area contributed by atoms with Gasteiger partial charge in [0, 0.05) is 58.1 Å². The quantitative estimate of drug-likeness (QED) is 0.635. The van der Waals surface area contributed by atoms with Crippen molar-refractivity contribution in [2.24, 2.45) is 7.05 Å². The van der Waals surface area contributed by atoms with Gasteiger partial charge in [0.25, 0.3) is 0 Å². The summed E-state index contributed by atoms with van der Waals surface area (Å²) in [7, 11) is 1.74. The van der Waals surface area contributed by atoms with Gasteiger partial charge in [-0.3, -0.25) is 34.3 Å². The molecule has 11 nitrogen and oxygen atoms in total. The molecule has 2 aliphatic heterocycles. The molecule has 0 bridgehead atoms. The average molecular weight is 447 g/mol. The van der Waals surface area contributed by atoms with Gasteiger partial charge in [-0.15, -0.1) is 0 Å². The molecule has 2 aromatic rings. The van der Waals surface area contributed by atoms with Gasteiger partial charge in [0.05, 0.1) is 17.7 Å². The number of hydrogen-bond acceptors (Lipinski definition) is 7. The predicted octanol–water partition coefficient (Wildman–Crippen LogP) is 0.477. The minimum atomic E-state index is -0.507. The molecule has 0 spiro atoms. The zero-order valence-electron chi connectivity index (χ0n) is 17.8. The Kier molecular flexibility index (Phi) is 6.63. The Labute approximate surface area is 183 Å². The molecule has 32 heavy (non-hydrogen) atoms. The fraction of sp³-hybridized carbons (Fsp3) is 0.500. The molecule has 2 fully saturated rings. The van der Waals surface area contributed by atoms with Crippen molar-refractivity contribution >= 4 is 40.3 Å². The molecule has 0 aliphatic carbocycles. The lowest BCUT2D eigenvalue weighted by Crippen LogP contribution is -2.49. The summed E-state index contributed by atoms with van der Waals surface area (Å²) < 4.78 is 13.5. The first-order valence-electron chi connectivity index (χ1n) is 10.5. The molecule has 1 aromatic carbocycles. The molecule has 1 aromatic heterocycles. The van der Waals surface area contributed by atoms with Crippen molar-refractivity contribution in [1.29, 1.82) is 0 Å². The van der Waals surface area contributed by atoms with Crippen LogP contribution in [0.25, 0.3) is 10.9 Å². The van der Waals surface area contributed by atoms with Crippen molar-refractivity contribution in [3.63, 3.8) is 0 Å². The molecule has 0 radical (unpaired) electrons. The maximum absolute atomic E-state index is 12.7. The van der Waals surface area contributed by atoms with E-state index in [0.717, 1.165) is 13.1 Å². The van der Waals surface area contributed by atoms with Crippen LogP contribution >= 0.6 is 0 Å². The fourth-order valence-electron chi connectivity index (χ4n) is 4.11. The Bertz CT molecular complexity index is 1020. The SMILES string of the molecule is Cn1nc(N2CCC(=O)NC2=O)c2cccc(NC(=O)CN3CCN(CCOF)CC3)c21. The Morgan fingerprint density at radius 3 is 2.66 bits per heavy atom. The van der Waals surface area contributed by atoms with Crippen molar-refractivity contribution in [1.82, 2.24) is 24.9 Å². The van der Waals surface area contributed by atoms with Crippen molar-refractivity contribution in [2.75, 3.05) is 62.6 Å². The van der Waals surface area contributed by atoms with Crippen LogP contribution in [0.2, 0.25) is 0 Å². The Morgan fingerprint density at radius 2 is 1.94 bits per heavy atom. The lowest BCUT2D eigenvalue weighted by molar-refractivity contribution is -0.137. The summed E-state index contributed by atoms with van der Waals surface area (Å²) in [6.07, 6.45) is 0.203. The fourth-order valence-corrected chi connectivity index (χ4v) is 4.11. The minimum Gasteiger partial charge on any atom is -0.323 e. The third-order valence-corrected chi connectivity index (χ3v) is 5.75. The third kappa shape index (κ3) is 4.71. The minimum absolute atomic E-state index is 0.0482. The lowest BCUT2D eigenvalue weighted by Gasteiger charge is -2.33. The number of anilines is 2. The average Bonchev–Trinajstić information content (AvgIpc) is 3.10. The summed E-state index contributed by atoms with van der Waals surface area (Å²) in [5.41, 5.74) is 1.29. The molecule has 0 unspecified atom stereocenters. The molecule has 172 valence electrons. The van der Waals surface area contributed by atoms with Gasteiger partial charge >= 0.3 is 6.03 Å². The van der Waals surface area contributed by atoms with Gasteiger partial charge in [-0.05, 0) is 16.7 Å². The van der Waals surface area contributed by atoms with E-state index in [2.05, 4.69) is 25.6 Å². The maximum atomic E-state index is 12.7. The highest BCUT2D eigenvalue weighted by Crippen LogP contribution is 2.31. The first-order valence-corrected chi connectivity index (χ1v) is 10.5. The van der Waals surface area contributed by atoms with Crippen LogP contribution in [0, 0.1) is 0 Å². The molecule has 4 amide bonds. The summed E-state index contributed by atoms with van der Waals surface area (Å²) >= 11 is 0. The summed E-state index contributed by atoms with van der Waals surface area (Å²) in [5, 5.41) is 10.4. The van der Waals surface area contributed by atoms with Crippen LogP contribution in [0.3, 0.4) is 0 Å². The number of aromatic nitrogens is 2. The predicted molar refractivity (Wildman–Crippen MR) is 115 cm³/mol. The second-order valence-electron chi connectivity index (χ2n) is 7.88. The number of para-hydroxylation sites is 1. The smallest absolute Gasteiger partial charge is 0.323 e. The van der Waals surface area contributed by atoms with E-state index >= 15 is 0 Å². The van der Waals surface area contributed by atoms with E-state index < -0.39 is 6.03 Å². The highest BCUT2D eigenvalue weighted by Gasteiger charge is 2.28. The van der Waals surface area contributed by atoms with Crippen molar-refractivity contribution < 1.29 is 23.9 Å². The van der Waals surface area contributed by atoms with Gasteiger partial charge in [0.2, 0.25) is 11.8 Å². The summed E-state index contributed by atoms with van der Waals surface area (Å²) in [6, 6.07) is 4.91. The van der Waals surface area contributed by atoms with Crippen LogP contribution in [0.5, 0.6) is 0 Å². The third-order valence-electron chi connectivity index (χ3n) is 5.75. The van der Waals surface area contributed by atoms with E-state index in [1.54, 1.807) is 23.9 Å². The number of urea groups is 1. The second kappa shape index (κ2) is 9.59. The summed E-state index contributed by atoms with van der Waals surface area (Å²) in [6.45, 7) is 3.99. The van der Waals surface area contributed by atoms with Crippen LogP contribution < -0.4 is 15.5 Å². The topological polar surface area (TPSA) is 112 Å². The van der Waals surface area contributed by atoms with Gasteiger partial charge in [-0.1, -0.05) is 6.07 Å². The van der Waals surface area contributed by atoms with Crippen molar-refractivity contribution in [2.45, 2.75) is 6.42 Å². The number of hydrogen-bond donors (Lipinski definition) is 2. The zero-order valence-corrected chi connectivity index (χ0v) is 17.8. The number of carbonyl (C=O) groups excluding carboxylic acids is 3. The number of piperazine rings is 1. The Hall–Kier alpha value is -3.09. The van der Waals surface area contributed by atoms with E-state index in [4.69, 9.17) is 0 Å². The number of rotatable bonds is 7. The van der Waals surface area contributed by atoms with E-state index in [-0.39, 0.29) is 37.9 Å². The first-order chi connectivity index (χ1) is 15.5. The highest BCUT2D eigenvalue weighted by molar-refractivity contribution is 6.11. The van der Waals surface area contributed by atoms with Crippen LogP contribution in [-0.4, -0.2) is 89.8 Å². The Balaban J connectivity index is 1.44. The van der Waals surface area contributed by atoms with Crippen LogP contribution in [0.15, 0.2) is 18.2 Å². The van der Waals surface area contributed by atoms with Gasteiger partial charge in [-0.25, -0.2) is 4.79 Å². The molecule has 2 N–H and O–H groups in total. The van der Waals surface area contributed by atoms with Gasteiger partial charge < -0.3 is 5.32 Å². The van der Waals surface area contributed by atoms with E-state index in [1.165, 1.54) is 4.90 Å². The molecule has 0 saturated carbocycles. The molecule has 0 atom stereocenters. The monoisotopic (exact) mass is 447 g/mol.